The molecule has 0 N–H and O–H groups in total. The summed E-state index contributed by atoms with van der Waals surface area (Å²) in [6, 6.07) is 15.7. The number of benzene rings is 2. The zero-order chi connectivity index (χ0) is 22.5. The lowest BCUT2D eigenvalue weighted by Gasteiger charge is -2.18. The van der Waals surface area contributed by atoms with Gasteiger partial charge < -0.3 is 4.90 Å². The smallest absolute Gasteiger partial charge is 0.258 e. The van der Waals surface area contributed by atoms with E-state index in [4.69, 9.17) is 0 Å². The van der Waals surface area contributed by atoms with Gasteiger partial charge in [0.15, 0.2) is 9.84 Å². The summed E-state index contributed by atoms with van der Waals surface area (Å²) in [5.41, 5.74) is 1.27. The van der Waals surface area contributed by atoms with E-state index >= 15 is 0 Å². The molecule has 0 saturated heterocycles. The Morgan fingerprint density at radius 1 is 0.742 bits per heavy atom. The van der Waals surface area contributed by atoms with E-state index in [9.17, 15) is 13.2 Å². The Hall–Kier alpha value is -2.14. The van der Waals surface area contributed by atoms with Crippen molar-refractivity contribution in [2.45, 2.75) is 76.0 Å². The Morgan fingerprint density at radius 2 is 1.26 bits per heavy atom. The summed E-state index contributed by atoms with van der Waals surface area (Å²) < 4.78 is 25.2. The van der Waals surface area contributed by atoms with Crippen molar-refractivity contribution >= 4 is 21.4 Å². The van der Waals surface area contributed by atoms with Crippen LogP contribution in [0.25, 0.3) is 0 Å². The van der Waals surface area contributed by atoms with Crippen molar-refractivity contribution < 1.29 is 13.2 Å². The molecule has 0 radical (unpaired) electrons. The summed E-state index contributed by atoms with van der Waals surface area (Å²) in [7, 11) is -1.59. The van der Waals surface area contributed by atoms with Crippen molar-refractivity contribution in [2.75, 3.05) is 17.7 Å². The van der Waals surface area contributed by atoms with Crippen LogP contribution in [-0.4, -0.2) is 27.1 Å². The Morgan fingerprint density at radius 3 is 1.81 bits per heavy atom. The van der Waals surface area contributed by atoms with Crippen LogP contribution in [0.3, 0.4) is 0 Å². The first-order valence-corrected chi connectivity index (χ1v) is 13.3. The van der Waals surface area contributed by atoms with Gasteiger partial charge in [0.05, 0.1) is 10.6 Å². The third kappa shape index (κ3) is 8.48. The zero-order valence-corrected chi connectivity index (χ0v) is 19.9. The number of amides is 1. The minimum absolute atomic E-state index is 0.124. The standard InChI is InChI=1S/C26H37NO3S/c1-3-4-5-6-7-8-9-10-11-15-22-31(29,30)25-20-18-24(19-21-25)27(2)26(28)23-16-13-12-14-17-23/h12-14,16-21H,3-11,15,22H2,1-2H3. The lowest BCUT2D eigenvalue weighted by molar-refractivity contribution is 0.0993. The molecule has 4 nitrogen and oxygen atoms in total. The minimum Gasteiger partial charge on any atom is -0.311 e. The maximum Gasteiger partial charge on any atom is 0.258 e. The fourth-order valence-corrected chi connectivity index (χ4v) is 5.04. The maximum atomic E-state index is 12.6. The number of carbonyl (C=O) groups excluding carboxylic acids is 1. The molecule has 31 heavy (non-hydrogen) atoms. The van der Waals surface area contributed by atoms with Crippen molar-refractivity contribution in [3.63, 3.8) is 0 Å². The van der Waals surface area contributed by atoms with Crippen LogP contribution in [0, 0.1) is 0 Å². The first kappa shape index (κ1) is 25.1. The second-order valence-electron chi connectivity index (χ2n) is 8.22. The van der Waals surface area contributed by atoms with Crippen molar-refractivity contribution in [3.05, 3.63) is 60.2 Å². The largest absolute Gasteiger partial charge is 0.311 e. The van der Waals surface area contributed by atoms with Crippen LogP contribution >= 0.6 is 0 Å². The molecule has 0 aliphatic rings. The third-order valence-electron chi connectivity index (χ3n) is 5.68. The molecular formula is C26H37NO3S. The summed E-state index contributed by atoms with van der Waals surface area (Å²) in [4.78, 5) is 14.4. The van der Waals surface area contributed by atoms with E-state index in [0.29, 0.717) is 22.6 Å². The lowest BCUT2D eigenvalue weighted by atomic mass is 10.1. The molecule has 2 aromatic carbocycles. The highest BCUT2D eigenvalue weighted by Crippen LogP contribution is 2.21. The van der Waals surface area contributed by atoms with Gasteiger partial charge in [-0.15, -0.1) is 0 Å². The Bertz CT molecular complexity index is 877. The molecule has 5 heteroatoms. The molecule has 2 rings (SSSR count). The molecule has 0 fully saturated rings. The number of nitrogens with zero attached hydrogens (tertiary/aromatic N) is 1. The van der Waals surface area contributed by atoms with Crippen LogP contribution in [-0.2, 0) is 9.84 Å². The first-order valence-electron chi connectivity index (χ1n) is 11.6. The molecule has 0 aromatic heterocycles. The van der Waals surface area contributed by atoms with Gasteiger partial charge in [0.1, 0.15) is 0 Å². The van der Waals surface area contributed by atoms with Crippen LogP contribution in [0.1, 0.15) is 81.5 Å². The van der Waals surface area contributed by atoms with E-state index in [2.05, 4.69) is 6.92 Å². The zero-order valence-electron chi connectivity index (χ0n) is 19.1. The van der Waals surface area contributed by atoms with E-state index in [-0.39, 0.29) is 11.7 Å². The van der Waals surface area contributed by atoms with Crippen LogP contribution in [0.2, 0.25) is 0 Å². The molecule has 0 saturated carbocycles. The molecule has 0 aliphatic heterocycles. The van der Waals surface area contributed by atoms with Gasteiger partial charge in [-0.05, 0) is 42.8 Å². The van der Waals surface area contributed by atoms with Crippen molar-refractivity contribution in [1.29, 1.82) is 0 Å². The number of rotatable bonds is 14. The van der Waals surface area contributed by atoms with Gasteiger partial charge in [-0.25, -0.2) is 8.42 Å². The van der Waals surface area contributed by atoms with E-state index in [0.717, 1.165) is 12.8 Å². The number of unbranched alkanes of at least 4 members (excludes halogenated alkanes) is 9. The van der Waals surface area contributed by atoms with Gasteiger partial charge in [0, 0.05) is 18.3 Å². The van der Waals surface area contributed by atoms with Gasteiger partial charge in [-0.2, -0.15) is 0 Å². The normalized spacial score (nSPS) is 11.4. The van der Waals surface area contributed by atoms with Gasteiger partial charge >= 0.3 is 0 Å². The molecule has 0 heterocycles. The summed E-state index contributed by atoms with van der Waals surface area (Å²) in [6.45, 7) is 2.23. The van der Waals surface area contributed by atoms with Crippen molar-refractivity contribution in [2.24, 2.45) is 0 Å². The van der Waals surface area contributed by atoms with Crippen LogP contribution in [0.5, 0.6) is 0 Å². The van der Waals surface area contributed by atoms with E-state index in [1.807, 2.05) is 18.2 Å². The highest BCUT2D eigenvalue weighted by atomic mass is 32.2. The van der Waals surface area contributed by atoms with E-state index < -0.39 is 9.84 Å². The number of carbonyl (C=O) groups is 1. The summed E-state index contributed by atoms with van der Waals surface area (Å²) in [6.07, 6.45) is 11.8. The predicted molar refractivity (Wildman–Crippen MR) is 130 cm³/mol. The quantitative estimate of drug-likeness (QED) is 0.307. The van der Waals surface area contributed by atoms with E-state index in [1.165, 1.54) is 49.8 Å². The molecule has 0 aliphatic carbocycles. The molecule has 2 aromatic rings. The summed E-state index contributed by atoms with van der Waals surface area (Å²) >= 11 is 0. The average molecular weight is 444 g/mol. The minimum atomic E-state index is -3.29. The monoisotopic (exact) mass is 443 g/mol. The summed E-state index contributed by atoms with van der Waals surface area (Å²) in [5, 5.41) is 0. The second-order valence-corrected chi connectivity index (χ2v) is 10.3. The molecule has 0 atom stereocenters. The molecule has 170 valence electrons. The van der Waals surface area contributed by atoms with Crippen LogP contribution in [0.4, 0.5) is 5.69 Å². The highest BCUT2D eigenvalue weighted by Gasteiger charge is 2.16. The molecule has 0 spiro atoms. The average Bonchev–Trinajstić information content (AvgIpc) is 2.80. The van der Waals surface area contributed by atoms with Gasteiger partial charge in [-0.1, -0.05) is 82.9 Å². The van der Waals surface area contributed by atoms with Crippen LogP contribution < -0.4 is 4.90 Å². The lowest BCUT2D eigenvalue weighted by Crippen LogP contribution is -2.26. The fraction of sp³-hybridized carbons (Fsp3) is 0.500. The topological polar surface area (TPSA) is 54.5 Å². The Kier molecular flexibility index (Phi) is 10.8. The molecular weight excluding hydrogens is 406 g/mol. The highest BCUT2D eigenvalue weighted by molar-refractivity contribution is 7.91. The Labute approximate surface area is 188 Å². The number of anilines is 1. The molecule has 0 bridgehead atoms. The first-order chi connectivity index (χ1) is 15.0. The molecule has 0 unspecified atom stereocenters. The van der Waals surface area contributed by atoms with Gasteiger partial charge in [0.25, 0.3) is 5.91 Å². The number of hydrogen-bond donors (Lipinski definition) is 0. The van der Waals surface area contributed by atoms with Crippen molar-refractivity contribution in [3.8, 4) is 0 Å². The van der Waals surface area contributed by atoms with Gasteiger partial charge in [0.2, 0.25) is 0 Å². The Balaban J connectivity index is 1.76. The van der Waals surface area contributed by atoms with Crippen molar-refractivity contribution in [1.82, 2.24) is 0 Å². The van der Waals surface area contributed by atoms with Crippen LogP contribution in [0.15, 0.2) is 59.5 Å². The second kappa shape index (κ2) is 13.3. The predicted octanol–water partition coefficient (Wildman–Crippen LogP) is 6.66. The summed E-state index contributed by atoms with van der Waals surface area (Å²) in [5.74, 6) is 0.0586. The SMILES string of the molecule is CCCCCCCCCCCCS(=O)(=O)c1ccc(N(C)C(=O)c2ccccc2)cc1. The fourth-order valence-electron chi connectivity index (χ4n) is 3.67. The maximum absolute atomic E-state index is 12.6. The third-order valence-corrected chi connectivity index (χ3v) is 7.49. The number of sulfone groups is 1. The number of hydrogen-bond acceptors (Lipinski definition) is 3. The molecule has 1 amide bonds. The van der Waals surface area contributed by atoms with E-state index in [1.54, 1.807) is 43.4 Å². The van der Waals surface area contributed by atoms with Gasteiger partial charge in [-0.3, -0.25) is 4.79 Å².